The molecular weight excluding hydrogens is 292 g/mol. The van der Waals surface area contributed by atoms with Crippen molar-refractivity contribution >= 4 is 16.0 Å². The fourth-order valence-electron chi connectivity index (χ4n) is 2.88. The molecule has 7 heteroatoms. The standard InChI is InChI=1S/C14H20N2O4S/c17-13(18)9-14(6-2-1-3-7-14)11-16-21(19,20)12-5-4-8-15-10-12/h4-5,8,10,16H,1-3,6-7,9,11H2,(H,17,18). The Morgan fingerprint density at radius 1 is 1.33 bits per heavy atom. The summed E-state index contributed by atoms with van der Waals surface area (Å²) in [4.78, 5) is 15.0. The molecule has 1 aromatic heterocycles. The molecule has 0 bridgehead atoms. The molecule has 0 unspecified atom stereocenters. The van der Waals surface area contributed by atoms with Crippen LogP contribution in [0.25, 0.3) is 0 Å². The largest absolute Gasteiger partial charge is 0.481 e. The Morgan fingerprint density at radius 2 is 2.05 bits per heavy atom. The maximum atomic E-state index is 12.2. The van der Waals surface area contributed by atoms with Crippen LogP contribution in [0, 0.1) is 5.41 Å². The molecule has 2 N–H and O–H groups in total. The predicted octanol–water partition coefficient (Wildman–Crippen LogP) is 1.79. The first kappa shape index (κ1) is 15.9. The summed E-state index contributed by atoms with van der Waals surface area (Å²) in [6.45, 7) is 0.163. The van der Waals surface area contributed by atoms with E-state index >= 15 is 0 Å². The number of sulfonamides is 1. The van der Waals surface area contributed by atoms with Crippen molar-refractivity contribution in [2.45, 2.75) is 43.4 Å². The summed E-state index contributed by atoms with van der Waals surface area (Å²) in [5.74, 6) is -0.877. The highest BCUT2D eigenvalue weighted by Gasteiger charge is 2.35. The van der Waals surface area contributed by atoms with Crippen LogP contribution in [0.15, 0.2) is 29.4 Å². The number of rotatable bonds is 6. The van der Waals surface area contributed by atoms with Gasteiger partial charge in [0.05, 0.1) is 6.42 Å². The molecule has 21 heavy (non-hydrogen) atoms. The minimum Gasteiger partial charge on any atom is -0.481 e. The van der Waals surface area contributed by atoms with Gasteiger partial charge in [0, 0.05) is 18.9 Å². The van der Waals surface area contributed by atoms with Gasteiger partial charge in [0.25, 0.3) is 0 Å². The van der Waals surface area contributed by atoms with Gasteiger partial charge < -0.3 is 5.11 Å². The van der Waals surface area contributed by atoms with Gasteiger partial charge in [0.15, 0.2) is 0 Å². The highest BCUT2D eigenvalue weighted by atomic mass is 32.2. The summed E-state index contributed by atoms with van der Waals surface area (Å²) in [5, 5.41) is 9.09. The molecule has 0 spiro atoms. The number of carboxylic acid groups (broad SMARTS) is 1. The lowest BCUT2D eigenvalue weighted by atomic mass is 9.72. The molecule has 0 saturated heterocycles. The molecule has 1 saturated carbocycles. The van der Waals surface area contributed by atoms with Gasteiger partial charge in [-0.25, -0.2) is 13.1 Å². The molecule has 1 heterocycles. The van der Waals surface area contributed by atoms with Crippen LogP contribution in [0.1, 0.15) is 38.5 Å². The molecular formula is C14H20N2O4S. The van der Waals surface area contributed by atoms with Crippen LogP contribution < -0.4 is 4.72 Å². The molecule has 1 aliphatic carbocycles. The van der Waals surface area contributed by atoms with Crippen LogP contribution in [-0.4, -0.2) is 31.0 Å². The van der Waals surface area contributed by atoms with Crippen molar-refractivity contribution in [3.8, 4) is 0 Å². The van der Waals surface area contributed by atoms with Crippen LogP contribution in [0.4, 0.5) is 0 Å². The predicted molar refractivity (Wildman–Crippen MR) is 77.2 cm³/mol. The van der Waals surface area contributed by atoms with E-state index in [4.69, 9.17) is 5.11 Å². The number of carbonyl (C=O) groups is 1. The van der Waals surface area contributed by atoms with Gasteiger partial charge in [-0.2, -0.15) is 0 Å². The number of hydrogen-bond acceptors (Lipinski definition) is 4. The van der Waals surface area contributed by atoms with Crippen LogP contribution in [0.2, 0.25) is 0 Å². The van der Waals surface area contributed by atoms with E-state index in [0.717, 1.165) is 32.1 Å². The molecule has 6 nitrogen and oxygen atoms in total. The van der Waals surface area contributed by atoms with Crippen LogP contribution in [-0.2, 0) is 14.8 Å². The summed E-state index contributed by atoms with van der Waals surface area (Å²) in [7, 11) is -3.64. The van der Waals surface area contributed by atoms with Gasteiger partial charge in [0.2, 0.25) is 10.0 Å². The second-order valence-electron chi connectivity index (χ2n) is 5.64. The van der Waals surface area contributed by atoms with Gasteiger partial charge >= 0.3 is 5.97 Å². The van der Waals surface area contributed by atoms with Crippen LogP contribution in [0.5, 0.6) is 0 Å². The lowest BCUT2D eigenvalue weighted by Crippen LogP contribution is -2.40. The van der Waals surface area contributed by atoms with Crippen molar-refractivity contribution < 1.29 is 18.3 Å². The van der Waals surface area contributed by atoms with E-state index in [0.29, 0.717) is 0 Å². The zero-order chi connectivity index (χ0) is 15.3. The summed E-state index contributed by atoms with van der Waals surface area (Å²) >= 11 is 0. The van der Waals surface area contributed by atoms with E-state index in [2.05, 4.69) is 9.71 Å². The van der Waals surface area contributed by atoms with Crippen molar-refractivity contribution in [3.63, 3.8) is 0 Å². The van der Waals surface area contributed by atoms with E-state index < -0.39 is 21.4 Å². The summed E-state index contributed by atoms with van der Waals surface area (Å²) in [6, 6.07) is 3.03. The summed E-state index contributed by atoms with van der Waals surface area (Å²) < 4.78 is 27.0. The fraction of sp³-hybridized carbons (Fsp3) is 0.571. The minimum atomic E-state index is -3.64. The molecule has 0 amide bonds. The van der Waals surface area contributed by atoms with Gasteiger partial charge in [-0.05, 0) is 30.4 Å². The van der Waals surface area contributed by atoms with Crippen LogP contribution >= 0.6 is 0 Å². The molecule has 1 fully saturated rings. The Labute approximate surface area is 124 Å². The molecule has 0 radical (unpaired) electrons. The Kier molecular flexibility index (Phi) is 4.95. The zero-order valence-corrected chi connectivity index (χ0v) is 12.6. The second-order valence-corrected chi connectivity index (χ2v) is 7.41. The lowest BCUT2D eigenvalue weighted by molar-refractivity contribution is -0.140. The van der Waals surface area contributed by atoms with Gasteiger partial charge in [-0.3, -0.25) is 9.78 Å². The van der Waals surface area contributed by atoms with E-state index in [-0.39, 0.29) is 17.9 Å². The summed E-state index contributed by atoms with van der Waals surface area (Å²) in [6.07, 6.45) is 7.26. The van der Waals surface area contributed by atoms with Gasteiger partial charge in [-0.1, -0.05) is 19.3 Å². The number of pyridine rings is 1. The Balaban J connectivity index is 2.09. The number of nitrogens with one attached hydrogen (secondary N) is 1. The number of aliphatic carboxylic acids is 1. The Hall–Kier alpha value is -1.47. The molecule has 0 aliphatic heterocycles. The highest BCUT2D eigenvalue weighted by molar-refractivity contribution is 7.89. The second kappa shape index (κ2) is 6.53. The van der Waals surface area contributed by atoms with Crippen molar-refractivity contribution in [1.82, 2.24) is 9.71 Å². The van der Waals surface area contributed by atoms with Crippen molar-refractivity contribution in [3.05, 3.63) is 24.5 Å². The van der Waals surface area contributed by atoms with E-state index in [9.17, 15) is 13.2 Å². The Morgan fingerprint density at radius 3 is 2.62 bits per heavy atom. The third-order valence-corrected chi connectivity index (χ3v) is 5.41. The molecule has 0 aromatic carbocycles. The van der Waals surface area contributed by atoms with Crippen molar-refractivity contribution in [2.75, 3.05) is 6.54 Å². The van der Waals surface area contributed by atoms with Crippen LogP contribution in [0.3, 0.4) is 0 Å². The van der Waals surface area contributed by atoms with Crippen molar-refractivity contribution in [1.29, 1.82) is 0 Å². The average molecular weight is 312 g/mol. The lowest BCUT2D eigenvalue weighted by Gasteiger charge is -2.36. The topological polar surface area (TPSA) is 96.4 Å². The first-order valence-electron chi connectivity index (χ1n) is 7.05. The number of aromatic nitrogens is 1. The normalized spacial score (nSPS) is 18.3. The van der Waals surface area contributed by atoms with E-state index in [1.54, 1.807) is 6.07 Å². The average Bonchev–Trinajstić information content (AvgIpc) is 2.47. The smallest absolute Gasteiger partial charge is 0.303 e. The molecule has 116 valence electrons. The molecule has 1 aromatic rings. The monoisotopic (exact) mass is 312 g/mol. The first-order valence-corrected chi connectivity index (χ1v) is 8.53. The molecule has 2 rings (SSSR count). The highest BCUT2D eigenvalue weighted by Crippen LogP contribution is 2.39. The van der Waals surface area contributed by atoms with E-state index in [1.165, 1.54) is 18.5 Å². The third kappa shape index (κ3) is 4.25. The SMILES string of the molecule is O=C(O)CC1(CNS(=O)(=O)c2cccnc2)CCCCC1. The maximum absolute atomic E-state index is 12.2. The number of hydrogen-bond donors (Lipinski definition) is 2. The van der Waals surface area contributed by atoms with E-state index in [1.807, 2.05) is 0 Å². The number of carboxylic acids is 1. The maximum Gasteiger partial charge on any atom is 0.303 e. The quantitative estimate of drug-likeness (QED) is 0.834. The first-order chi connectivity index (χ1) is 9.94. The molecule has 0 atom stereocenters. The van der Waals surface area contributed by atoms with Gasteiger partial charge in [0.1, 0.15) is 4.90 Å². The minimum absolute atomic E-state index is 0.00254. The van der Waals surface area contributed by atoms with Gasteiger partial charge in [-0.15, -0.1) is 0 Å². The van der Waals surface area contributed by atoms with Crippen molar-refractivity contribution in [2.24, 2.45) is 5.41 Å². The molecule has 1 aliphatic rings. The summed E-state index contributed by atoms with van der Waals surface area (Å²) in [5.41, 5.74) is -0.473. The Bertz CT molecular complexity index is 580. The zero-order valence-electron chi connectivity index (χ0n) is 11.8. The number of nitrogens with zero attached hydrogens (tertiary/aromatic N) is 1. The fourth-order valence-corrected chi connectivity index (χ4v) is 4.00. The third-order valence-electron chi connectivity index (χ3n) is 4.02.